The first kappa shape index (κ1) is 9.37. The van der Waals surface area contributed by atoms with Crippen molar-refractivity contribution in [1.82, 2.24) is 4.98 Å². The molecule has 0 spiro atoms. The first-order valence-electron chi connectivity index (χ1n) is 3.85. The minimum Gasteiger partial charge on any atom is -0.240 e. The summed E-state index contributed by atoms with van der Waals surface area (Å²) in [6.45, 7) is 4.16. The molecule has 68 valence electrons. The van der Waals surface area contributed by atoms with E-state index in [1.165, 1.54) is 9.75 Å². The van der Waals surface area contributed by atoms with Crippen molar-refractivity contribution in [3.8, 4) is 9.88 Å². The SMILES string of the molecule is Cc1nc(-c2cc(Br)cs2)sc1C. The number of aryl methyl sites for hydroxylation is 2. The zero-order chi connectivity index (χ0) is 9.42. The van der Waals surface area contributed by atoms with Gasteiger partial charge >= 0.3 is 0 Å². The average Bonchev–Trinajstić information content (AvgIpc) is 2.61. The van der Waals surface area contributed by atoms with Gasteiger partial charge in [-0.05, 0) is 35.8 Å². The first-order chi connectivity index (χ1) is 6.16. The number of halogens is 1. The van der Waals surface area contributed by atoms with E-state index in [2.05, 4.69) is 46.2 Å². The van der Waals surface area contributed by atoms with Gasteiger partial charge in [-0.25, -0.2) is 4.98 Å². The van der Waals surface area contributed by atoms with Crippen LogP contribution in [0.15, 0.2) is 15.9 Å². The molecular formula is C9H8BrNS2. The molecule has 0 bridgehead atoms. The van der Waals surface area contributed by atoms with Crippen LogP contribution >= 0.6 is 38.6 Å². The molecule has 0 aromatic carbocycles. The lowest BCUT2D eigenvalue weighted by Gasteiger charge is -1.85. The van der Waals surface area contributed by atoms with Crippen molar-refractivity contribution in [3.05, 3.63) is 26.5 Å². The van der Waals surface area contributed by atoms with E-state index in [0.29, 0.717) is 0 Å². The summed E-state index contributed by atoms with van der Waals surface area (Å²) in [5.74, 6) is 0. The summed E-state index contributed by atoms with van der Waals surface area (Å²) in [7, 11) is 0. The topological polar surface area (TPSA) is 12.9 Å². The Labute approximate surface area is 93.6 Å². The average molecular weight is 274 g/mol. The summed E-state index contributed by atoms with van der Waals surface area (Å²) in [5.41, 5.74) is 1.14. The molecule has 0 atom stereocenters. The molecule has 2 rings (SSSR count). The van der Waals surface area contributed by atoms with Crippen LogP contribution in [0.1, 0.15) is 10.6 Å². The smallest absolute Gasteiger partial charge is 0.133 e. The third-order valence-electron chi connectivity index (χ3n) is 1.81. The minimum atomic E-state index is 1.13. The van der Waals surface area contributed by atoms with E-state index >= 15 is 0 Å². The second kappa shape index (κ2) is 3.52. The molecule has 0 saturated carbocycles. The van der Waals surface area contributed by atoms with E-state index in [0.717, 1.165) is 15.2 Å². The molecule has 2 aromatic rings. The zero-order valence-electron chi connectivity index (χ0n) is 7.30. The van der Waals surface area contributed by atoms with Crippen molar-refractivity contribution in [2.75, 3.05) is 0 Å². The van der Waals surface area contributed by atoms with Crippen LogP contribution in [0, 0.1) is 13.8 Å². The van der Waals surface area contributed by atoms with Gasteiger partial charge in [0.15, 0.2) is 0 Å². The maximum absolute atomic E-state index is 4.50. The van der Waals surface area contributed by atoms with E-state index < -0.39 is 0 Å². The van der Waals surface area contributed by atoms with Crippen LogP contribution in [-0.4, -0.2) is 4.98 Å². The summed E-state index contributed by atoms with van der Waals surface area (Å²) in [5, 5.41) is 3.22. The van der Waals surface area contributed by atoms with Crippen molar-refractivity contribution in [1.29, 1.82) is 0 Å². The molecule has 0 amide bonds. The molecule has 0 unspecified atom stereocenters. The molecule has 0 aliphatic rings. The standard InChI is InChI=1S/C9H8BrNS2/c1-5-6(2)13-9(11-5)8-3-7(10)4-12-8/h3-4H,1-2H3. The van der Waals surface area contributed by atoms with Crippen LogP contribution < -0.4 is 0 Å². The lowest BCUT2D eigenvalue weighted by Crippen LogP contribution is -1.72. The molecule has 0 aliphatic carbocycles. The third-order valence-corrected chi connectivity index (χ3v) is 4.74. The number of hydrogen-bond acceptors (Lipinski definition) is 3. The summed E-state index contributed by atoms with van der Waals surface area (Å²) < 4.78 is 1.14. The highest BCUT2D eigenvalue weighted by Gasteiger charge is 2.07. The Morgan fingerprint density at radius 1 is 1.38 bits per heavy atom. The lowest BCUT2D eigenvalue weighted by atomic mass is 10.4. The normalized spacial score (nSPS) is 10.7. The second-order valence-corrected chi connectivity index (χ2v) is 5.82. The highest BCUT2D eigenvalue weighted by Crippen LogP contribution is 2.33. The number of hydrogen-bond donors (Lipinski definition) is 0. The molecular weight excluding hydrogens is 266 g/mol. The van der Waals surface area contributed by atoms with Gasteiger partial charge in [0.2, 0.25) is 0 Å². The number of rotatable bonds is 1. The van der Waals surface area contributed by atoms with Gasteiger partial charge < -0.3 is 0 Å². The summed E-state index contributed by atoms with van der Waals surface area (Å²) in [6.07, 6.45) is 0. The van der Waals surface area contributed by atoms with Crippen LogP contribution in [0.4, 0.5) is 0 Å². The Balaban J connectivity index is 2.46. The largest absolute Gasteiger partial charge is 0.240 e. The number of thiazole rings is 1. The Morgan fingerprint density at radius 2 is 2.15 bits per heavy atom. The second-order valence-electron chi connectivity index (χ2n) is 2.79. The Morgan fingerprint density at radius 3 is 2.62 bits per heavy atom. The van der Waals surface area contributed by atoms with E-state index in [1.54, 1.807) is 22.7 Å². The van der Waals surface area contributed by atoms with Gasteiger partial charge in [0.1, 0.15) is 5.01 Å². The number of aromatic nitrogens is 1. The molecule has 2 heterocycles. The number of thiophene rings is 1. The Bertz CT molecular complexity index is 411. The fourth-order valence-electron chi connectivity index (χ4n) is 1.00. The van der Waals surface area contributed by atoms with Crippen molar-refractivity contribution in [2.24, 2.45) is 0 Å². The maximum Gasteiger partial charge on any atom is 0.133 e. The highest BCUT2D eigenvalue weighted by atomic mass is 79.9. The maximum atomic E-state index is 4.50. The van der Waals surface area contributed by atoms with Crippen molar-refractivity contribution >= 4 is 38.6 Å². The van der Waals surface area contributed by atoms with E-state index in [9.17, 15) is 0 Å². The summed E-state index contributed by atoms with van der Waals surface area (Å²) in [4.78, 5) is 7.05. The highest BCUT2D eigenvalue weighted by molar-refractivity contribution is 9.10. The van der Waals surface area contributed by atoms with Crippen molar-refractivity contribution in [3.63, 3.8) is 0 Å². The fourth-order valence-corrected chi connectivity index (χ4v) is 3.41. The van der Waals surface area contributed by atoms with E-state index in [-0.39, 0.29) is 0 Å². The molecule has 0 radical (unpaired) electrons. The van der Waals surface area contributed by atoms with Crippen LogP contribution in [0.2, 0.25) is 0 Å². The first-order valence-corrected chi connectivity index (χ1v) is 6.34. The van der Waals surface area contributed by atoms with Crippen molar-refractivity contribution in [2.45, 2.75) is 13.8 Å². The van der Waals surface area contributed by atoms with Gasteiger partial charge in [-0.15, -0.1) is 22.7 Å². The van der Waals surface area contributed by atoms with E-state index in [1.807, 2.05) is 0 Å². The zero-order valence-corrected chi connectivity index (χ0v) is 10.5. The Kier molecular flexibility index (Phi) is 2.53. The molecule has 0 fully saturated rings. The Hall–Kier alpha value is -0.190. The lowest BCUT2D eigenvalue weighted by molar-refractivity contribution is 1.24. The van der Waals surface area contributed by atoms with E-state index in [4.69, 9.17) is 0 Å². The fraction of sp³-hybridized carbons (Fsp3) is 0.222. The quantitative estimate of drug-likeness (QED) is 0.757. The predicted octanol–water partition coefficient (Wildman–Crippen LogP) is 4.25. The van der Waals surface area contributed by atoms with Crippen LogP contribution in [-0.2, 0) is 0 Å². The predicted molar refractivity (Wildman–Crippen MR) is 62.6 cm³/mol. The van der Waals surface area contributed by atoms with Gasteiger partial charge in [-0.3, -0.25) is 0 Å². The van der Waals surface area contributed by atoms with Gasteiger partial charge in [0, 0.05) is 14.7 Å². The monoisotopic (exact) mass is 273 g/mol. The molecule has 0 N–H and O–H groups in total. The van der Waals surface area contributed by atoms with Gasteiger partial charge in [-0.1, -0.05) is 0 Å². The summed E-state index contributed by atoms with van der Waals surface area (Å²) >= 11 is 6.93. The van der Waals surface area contributed by atoms with Gasteiger partial charge in [0.05, 0.1) is 10.6 Å². The minimum absolute atomic E-state index is 1.13. The number of nitrogens with zero attached hydrogens (tertiary/aromatic N) is 1. The summed E-state index contributed by atoms with van der Waals surface area (Å²) in [6, 6.07) is 2.11. The van der Waals surface area contributed by atoms with Crippen LogP contribution in [0.3, 0.4) is 0 Å². The molecule has 0 aliphatic heterocycles. The van der Waals surface area contributed by atoms with Gasteiger partial charge in [-0.2, -0.15) is 0 Å². The van der Waals surface area contributed by atoms with Gasteiger partial charge in [0.25, 0.3) is 0 Å². The molecule has 0 saturated heterocycles. The van der Waals surface area contributed by atoms with Crippen molar-refractivity contribution < 1.29 is 0 Å². The molecule has 2 aromatic heterocycles. The van der Waals surface area contributed by atoms with Crippen LogP contribution in [0.25, 0.3) is 9.88 Å². The molecule has 1 nitrogen and oxygen atoms in total. The molecule has 13 heavy (non-hydrogen) atoms. The molecule has 4 heteroatoms. The third kappa shape index (κ3) is 1.85. The van der Waals surface area contributed by atoms with Crippen LogP contribution in [0.5, 0.6) is 0 Å².